The zero-order valence-electron chi connectivity index (χ0n) is 19.2. The van der Waals surface area contributed by atoms with Crippen molar-refractivity contribution >= 4 is 5.97 Å². The number of imidazole rings is 1. The van der Waals surface area contributed by atoms with Gasteiger partial charge in [-0.25, -0.2) is 9.59 Å². The minimum Gasteiger partial charge on any atom is -0.478 e. The summed E-state index contributed by atoms with van der Waals surface area (Å²) in [7, 11) is 0. The quantitative estimate of drug-likeness (QED) is 0.356. The Balaban J connectivity index is 1.84. The Morgan fingerprint density at radius 1 is 0.906 bits per heavy atom. The maximum absolute atomic E-state index is 13.1. The fraction of sp³-hybridized carbons (Fsp3) is 0.407. The summed E-state index contributed by atoms with van der Waals surface area (Å²) in [6, 6.07) is 14.9. The number of hydrogen-bond acceptors (Lipinski definition) is 2. The minimum atomic E-state index is -0.933. The third-order valence-corrected chi connectivity index (χ3v) is 5.93. The van der Waals surface area contributed by atoms with E-state index in [1.807, 2.05) is 51.7 Å². The molecule has 0 atom stereocenters. The number of carboxylic acid groups (broad SMARTS) is 1. The first-order valence-electron chi connectivity index (χ1n) is 11.8. The van der Waals surface area contributed by atoms with Crippen molar-refractivity contribution in [3.63, 3.8) is 0 Å². The highest BCUT2D eigenvalue weighted by Crippen LogP contribution is 2.24. The standard InChI is InChI=1S/C27H34N2O3/c1-3-5-7-11-23-20-28(18-10-6-4-2)27(32)29(23)19-21-14-16-22(17-15-21)24-12-8-9-13-25(24)26(30)31/h8-9,12-17,20H,3-7,10-11,18-19H2,1-2H3,(H,30,31). The van der Waals surface area contributed by atoms with Crippen LogP contribution in [0, 0.1) is 0 Å². The molecule has 3 rings (SSSR count). The van der Waals surface area contributed by atoms with E-state index in [4.69, 9.17) is 0 Å². The Morgan fingerprint density at radius 3 is 2.28 bits per heavy atom. The molecular weight excluding hydrogens is 400 g/mol. The van der Waals surface area contributed by atoms with E-state index in [-0.39, 0.29) is 5.69 Å². The van der Waals surface area contributed by atoms with Crippen molar-refractivity contribution in [2.75, 3.05) is 0 Å². The summed E-state index contributed by atoms with van der Waals surface area (Å²) in [6.45, 7) is 5.66. The molecule has 3 aromatic rings. The van der Waals surface area contributed by atoms with Crippen molar-refractivity contribution < 1.29 is 9.90 Å². The normalized spacial score (nSPS) is 11.1. The van der Waals surface area contributed by atoms with Crippen LogP contribution in [0.5, 0.6) is 0 Å². The largest absolute Gasteiger partial charge is 0.478 e. The van der Waals surface area contributed by atoms with E-state index in [1.54, 1.807) is 12.1 Å². The molecule has 0 aliphatic rings. The van der Waals surface area contributed by atoms with Crippen LogP contribution < -0.4 is 5.69 Å². The number of unbranched alkanes of at least 4 members (excludes halogenated alkanes) is 4. The van der Waals surface area contributed by atoms with Crippen molar-refractivity contribution in [1.29, 1.82) is 0 Å². The molecule has 1 N–H and O–H groups in total. The SMILES string of the molecule is CCCCCc1cn(CCCCC)c(=O)n1Cc1ccc(-c2ccccc2C(=O)O)cc1. The molecule has 0 saturated heterocycles. The second-order valence-corrected chi connectivity index (χ2v) is 8.39. The van der Waals surface area contributed by atoms with Gasteiger partial charge in [0, 0.05) is 18.4 Å². The molecule has 0 bridgehead atoms. The Bertz CT molecular complexity index is 1080. The third kappa shape index (κ3) is 5.78. The van der Waals surface area contributed by atoms with Gasteiger partial charge >= 0.3 is 11.7 Å². The van der Waals surface area contributed by atoms with Crippen molar-refractivity contribution in [3.05, 3.63) is 82.0 Å². The van der Waals surface area contributed by atoms with Crippen LogP contribution in [0.1, 0.15) is 74.0 Å². The molecule has 0 saturated carbocycles. The Morgan fingerprint density at radius 2 is 1.59 bits per heavy atom. The first kappa shape index (κ1) is 23.6. The lowest BCUT2D eigenvalue weighted by Crippen LogP contribution is -2.25. The fourth-order valence-corrected chi connectivity index (χ4v) is 4.09. The summed E-state index contributed by atoms with van der Waals surface area (Å²) in [5.74, 6) is -0.933. The second kappa shape index (κ2) is 11.5. The molecule has 170 valence electrons. The van der Waals surface area contributed by atoms with Crippen molar-refractivity contribution in [3.8, 4) is 11.1 Å². The number of benzene rings is 2. The van der Waals surface area contributed by atoms with Crippen LogP contribution in [-0.2, 0) is 19.5 Å². The van der Waals surface area contributed by atoms with E-state index < -0.39 is 5.97 Å². The lowest BCUT2D eigenvalue weighted by atomic mass is 9.99. The molecule has 1 heterocycles. The topological polar surface area (TPSA) is 64.2 Å². The highest BCUT2D eigenvalue weighted by atomic mass is 16.4. The predicted molar refractivity (Wildman–Crippen MR) is 129 cm³/mol. The highest BCUT2D eigenvalue weighted by molar-refractivity contribution is 5.95. The average Bonchev–Trinajstić information content (AvgIpc) is 3.09. The maximum Gasteiger partial charge on any atom is 0.336 e. The molecule has 0 aliphatic carbocycles. The lowest BCUT2D eigenvalue weighted by molar-refractivity contribution is 0.0697. The molecule has 0 unspecified atom stereocenters. The highest BCUT2D eigenvalue weighted by Gasteiger charge is 2.13. The summed E-state index contributed by atoms with van der Waals surface area (Å²) < 4.78 is 3.77. The van der Waals surface area contributed by atoms with Crippen molar-refractivity contribution in [2.24, 2.45) is 0 Å². The van der Waals surface area contributed by atoms with Crippen molar-refractivity contribution in [1.82, 2.24) is 9.13 Å². The first-order valence-corrected chi connectivity index (χ1v) is 11.8. The van der Waals surface area contributed by atoms with E-state index in [9.17, 15) is 14.7 Å². The Labute approximate surface area is 190 Å². The van der Waals surface area contributed by atoms with E-state index >= 15 is 0 Å². The van der Waals surface area contributed by atoms with Crippen LogP contribution in [-0.4, -0.2) is 20.2 Å². The van der Waals surface area contributed by atoms with Gasteiger partial charge in [0.2, 0.25) is 0 Å². The Hall–Kier alpha value is -3.08. The van der Waals surface area contributed by atoms with E-state index in [1.165, 1.54) is 0 Å². The first-order chi connectivity index (χ1) is 15.5. The molecule has 32 heavy (non-hydrogen) atoms. The molecule has 5 nitrogen and oxygen atoms in total. The fourth-order valence-electron chi connectivity index (χ4n) is 4.09. The van der Waals surface area contributed by atoms with Gasteiger partial charge in [0.15, 0.2) is 0 Å². The lowest BCUT2D eigenvalue weighted by Gasteiger charge is -2.10. The van der Waals surface area contributed by atoms with Crippen LogP contribution in [0.3, 0.4) is 0 Å². The maximum atomic E-state index is 13.1. The van der Waals surface area contributed by atoms with E-state index in [0.717, 1.165) is 68.3 Å². The van der Waals surface area contributed by atoms with Gasteiger partial charge in [0.25, 0.3) is 0 Å². The molecule has 2 aromatic carbocycles. The summed E-state index contributed by atoms with van der Waals surface area (Å²) >= 11 is 0. The van der Waals surface area contributed by atoms with Gasteiger partial charge in [0.05, 0.1) is 12.1 Å². The predicted octanol–water partition coefficient (Wildman–Crippen LogP) is 5.99. The number of carboxylic acids is 1. The number of rotatable bonds is 12. The van der Waals surface area contributed by atoms with E-state index in [0.29, 0.717) is 17.7 Å². The minimum absolute atomic E-state index is 0.0629. The van der Waals surface area contributed by atoms with Gasteiger partial charge in [-0.15, -0.1) is 0 Å². The molecule has 0 aliphatic heterocycles. The van der Waals surface area contributed by atoms with Crippen molar-refractivity contribution in [2.45, 2.75) is 71.9 Å². The van der Waals surface area contributed by atoms with Crippen LogP contribution >= 0.6 is 0 Å². The van der Waals surface area contributed by atoms with Gasteiger partial charge < -0.3 is 5.11 Å². The number of aromatic carboxylic acids is 1. The summed E-state index contributed by atoms with van der Waals surface area (Å²) in [6.07, 6.45) is 9.64. The number of carbonyl (C=O) groups is 1. The van der Waals surface area contributed by atoms with Crippen LogP contribution in [0.15, 0.2) is 59.5 Å². The van der Waals surface area contributed by atoms with Gasteiger partial charge in [-0.05, 0) is 42.0 Å². The van der Waals surface area contributed by atoms with Gasteiger partial charge in [-0.1, -0.05) is 82.0 Å². The number of hydrogen-bond donors (Lipinski definition) is 1. The number of aromatic nitrogens is 2. The van der Waals surface area contributed by atoms with Crippen LogP contribution in [0.25, 0.3) is 11.1 Å². The Kier molecular flexibility index (Phi) is 8.48. The molecule has 5 heteroatoms. The van der Waals surface area contributed by atoms with E-state index in [2.05, 4.69) is 13.8 Å². The van der Waals surface area contributed by atoms with Gasteiger partial charge in [-0.3, -0.25) is 9.13 Å². The molecule has 0 radical (unpaired) electrons. The number of aryl methyl sites for hydroxylation is 2. The zero-order chi connectivity index (χ0) is 22.9. The second-order valence-electron chi connectivity index (χ2n) is 8.39. The molecular formula is C27H34N2O3. The number of nitrogens with zero attached hydrogens (tertiary/aromatic N) is 2. The molecule has 0 amide bonds. The molecule has 0 fully saturated rings. The summed E-state index contributed by atoms with van der Waals surface area (Å²) in [4.78, 5) is 24.6. The van der Waals surface area contributed by atoms with Crippen LogP contribution in [0.2, 0.25) is 0 Å². The van der Waals surface area contributed by atoms with Gasteiger partial charge in [-0.2, -0.15) is 0 Å². The van der Waals surface area contributed by atoms with Gasteiger partial charge in [0.1, 0.15) is 0 Å². The zero-order valence-corrected chi connectivity index (χ0v) is 19.2. The van der Waals surface area contributed by atoms with Crippen LogP contribution in [0.4, 0.5) is 0 Å². The average molecular weight is 435 g/mol. The summed E-state index contributed by atoms with van der Waals surface area (Å²) in [5.41, 5.74) is 4.05. The smallest absolute Gasteiger partial charge is 0.336 e. The monoisotopic (exact) mass is 434 g/mol. The summed E-state index contributed by atoms with van der Waals surface area (Å²) in [5, 5.41) is 9.47. The molecule has 0 spiro atoms. The third-order valence-electron chi connectivity index (χ3n) is 5.93. The molecule has 1 aromatic heterocycles.